The zero-order chi connectivity index (χ0) is 15.0. The van der Waals surface area contributed by atoms with Crippen LogP contribution in [0.3, 0.4) is 0 Å². The van der Waals surface area contributed by atoms with Gasteiger partial charge in [-0.25, -0.2) is 4.68 Å². The fourth-order valence-electron chi connectivity index (χ4n) is 2.37. The van der Waals surface area contributed by atoms with Gasteiger partial charge in [0.25, 0.3) is 0 Å². The fourth-order valence-corrected chi connectivity index (χ4v) is 2.96. The predicted molar refractivity (Wildman–Crippen MR) is 78.7 cm³/mol. The van der Waals surface area contributed by atoms with E-state index in [0.29, 0.717) is 17.4 Å². The van der Waals surface area contributed by atoms with E-state index in [0.717, 1.165) is 10.0 Å². The fraction of sp³-hybridized carbons (Fsp3) is 0.308. The molecule has 7 nitrogen and oxygen atoms in total. The maximum Gasteiger partial charge on any atom is 0.229 e. The number of carbonyl (C=O) groups is 1. The lowest BCUT2D eigenvalue weighted by molar-refractivity contribution is -0.117. The number of hydrogen-bond acceptors (Lipinski definition) is 5. The first-order valence-electron chi connectivity index (χ1n) is 6.24. The monoisotopic (exact) mass is 352 g/mol. The molecule has 0 aliphatic carbocycles. The summed E-state index contributed by atoms with van der Waals surface area (Å²) < 4.78 is 13.1. The molecule has 1 aromatic heterocycles. The van der Waals surface area contributed by atoms with Crippen LogP contribution in [0.1, 0.15) is 18.0 Å². The number of ether oxygens (including phenoxy) is 2. The van der Waals surface area contributed by atoms with Crippen LogP contribution in [0.5, 0.6) is 11.5 Å². The summed E-state index contributed by atoms with van der Waals surface area (Å²) in [6, 6.07) is 3.42. The highest BCUT2D eigenvalue weighted by Gasteiger charge is 2.29. The lowest BCUT2D eigenvalue weighted by Gasteiger charge is -2.25. The molecule has 3 rings (SSSR count). The predicted octanol–water partition coefficient (Wildman–Crippen LogP) is 1.99. The average Bonchev–Trinajstić information content (AvgIpc) is 2.94. The first kappa shape index (κ1) is 13.9. The van der Waals surface area contributed by atoms with Gasteiger partial charge in [-0.1, -0.05) is 15.9 Å². The van der Waals surface area contributed by atoms with Gasteiger partial charge < -0.3 is 9.47 Å². The maximum absolute atomic E-state index is 11.8. The maximum atomic E-state index is 11.8. The van der Waals surface area contributed by atoms with Crippen molar-refractivity contribution in [2.75, 3.05) is 19.5 Å². The number of halogens is 1. The summed E-state index contributed by atoms with van der Waals surface area (Å²) >= 11 is 3.52. The average molecular weight is 353 g/mol. The van der Waals surface area contributed by atoms with Crippen LogP contribution < -0.4 is 14.8 Å². The molecule has 1 N–H and O–H groups in total. The van der Waals surface area contributed by atoms with E-state index in [1.54, 1.807) is 18.9 Å². The number of benzene rings is 1. The van der Waals surface area contributed by atoms with Gasteiger partial charge in [0.05, 0.1) is 26.7 Å². The summed E-state index contributed by atoms with van der Waals surface area (Å²) in [5, 5.41) is 6.88. The van der Waals surface area contributed by atoms with Crippen molar-refractivity contribution in [3.05, 3.63) is 28.5 Å². The normalized spacial score (nSPS) is 17.1. The second-order valence-corrected chi connectivity index (χ2v) is 5.38. The zero-order valence-electron chi connectivity index (χ0n) is 11.5. The Labute approximate surface area is 129 Å². The second kappa shape index (κ2) is 5.36. The first-order chi connectivity index (χ1) is 10.1. The molecular formula is C13H13BrN4O3. The third-order valence-electron chi connectivity index (χ3n) is 3.36. The smallest absolute Gasteiger partial charge is 0.229 e. The number of aromatic nitrogens is 3. The van der Waals surface area contributed by atoms with E-state index in [9.17, 15) is 4.79 Å². The van der Waals surface area contributed by atoms with Gasteiger partial charge in [0.2, 0.25) is 11.9 Å². The summed E-state index contributed by atoms with van der Waals surface area (Å²) in [7, 11) is 3.15. The van der Waals surface area contributed by atoms with Crippen LogP contribution in [0.4, 0.5) is 5.95 Å². The van der Waals surface area contributed by atoms with Crippen LogP contribution in [-0.4, -0.2) is 34.9 Å². The highest BCUT2D eigenvalue weighted by Crippen LogP contribution is 2.39. The van der Waals surface area contributed by atoms with Crippen LogP contribution in [0.25, 0.3) is 0 Å². The Morgan fingerprint density at radius 1 is 1.33 bits per heavy atom. The molecule has 0 saturated carbocycles. The molecule has 1 aromatic carbocycles. The van der Waals surface area contributed by atoms with E-state index >= 15 is 0 Å². The number of fused-ring (bicyclic) bond motifs is 1. The molecule has 1 aliphatic heterocycles. The molecule has 21 heavy (non-hydrogen) atoms. The number of anilines is 1. The van der Waals surface area contributed by atoms with E-state index in [2.05, 4.69) is 31.3 Å². The van der Waals surface area contributed by atoms with Crippen LogP contribution >= 0.6 is 15.9 Å². The third kappa shape index (κ3) is 2.35. The van der Waals surface area contributed by atoms with Crippen molar-refractivity contribution in [1.82, 2.24) is 14.8 Å². The van der Waals surface area contributed by atoms with Crippen molar-refractivity contribution in [3.63, 3.8) is 0 Å². The number of nitrogens with one attached hydrogen (secondary N) is 1. The van der Waals surface area contributed by atoms with Gasteiger partial charge in [-0.3, -0.25) is 10.1 Å². The highest BCUT2D eigenvalue weighted by atomic mass is 79.9. The summed E-state index contributed by atoms with van der Waals surface area (Å²) in [6.07, 6.45) is 1.70. The molecule has 0 saturated heterocycles. The van der Waals surface area contributed by atoms with E-state index in [4.69, 9.17) is 9.47 Å². The quantitative estimate of drug-likeness (QED) is 0.913. The largest absolute Gasteiger partial charge is 0.493 e. The number of amides is 1. The van der Waals surface area contributed by atoms with Crippen LogP contribution in [0.15, 0.2) is 22.9 Å². The van der Waals surface area contributed by atoms with Crippen molar-refractivity contribution >= 4 is 27.8 Å². The van der Waals surface area contributed by atoms with Crippen molar-refractivity contribution in [2.24, 2.45) is 0 Å². The summed E-state index contributed by atoms with van der Waals surface area (Å²) in [6.45, 7) is 0. The molecule has 0 radical (unpaired) electrons. The molecule has 1 amide bonds. The number of rotatable bonds is 3. The van der Waals surface area contributed by atoms with Crippen LogP contribution in [-0.2, 0) is 4.79 Å². The van der Waals surface area contributed by atoms with Crippen molar-refractivity contribution in [3.8, 4) is 11.5 Å². The minimum Gasteiger partial charge on any atom is -0.493 e. The standard InChI is InChI=1S/C13H13BrN4O3/c1-20-10-3-7(8(14)4-11(10)21-2)9-5-12(19)17-13-15-6-16-18(9)13/h3-4,6,9H,5H2,1-2H3,(H,15,16,17,19)/t9-/m1/s1. The summed E-state index contributed by atoms with van der Waals surface area (Å²) in [4.78, 5) is 15.9. The van der Waals surface area contributed by atoms with E-state index < -0.39 is 0 Å². The summed E-state index contributed by atoms with van der Waals surface area (Å²) in [5.41, 5.74) is 0.884. The van der Waals surface area contributed by atoms with Crippen molar-refractivity contribution in [1.29, 1.82) is 0 Å². The van der Waals surface area contributed by atoms with Gasteiger partial charge in [-0.05, 0) is 17.7 Å². The SMILES string of the molecule is COc1cc(Br)c([C@H]2CC(=O)Nc3ncnn32)cc1OC. The highest BCUT2D eigenvalue weighted by molar-refractivity contribution is 9.10. The molecule has 8 heteroatoms. The van der Waals surface area contributed by atoms with E-state index in [1.165, 1.54) is 6.33 Å². The number of hydrogen-bond donors (Lipinski definition) is 1. The molecule has 0 fully saturated rings. The Bertz CT molecular complexity index is 701. The number of nitrogens with zero attached hydrogens (tertiary/aromatic N) is 3. The van der Waals surface area contributed by atoms with Gasteiger partial charge >= 0.3 is 0 Å². The molecule has 2 aromatic rings. The number of carbonyl (C=O) groups excluding carboxylic acids is 1. The number of methoxy groups -OCH3 is 2. The van der Waals surface area contributed by atoms with Gasteiger partial charge in [0.1, 0.15) is 6.33 Å². The Morgan fingerprint density at radius 2 is 2.05 bits per heavy atom. The Morgan fingerprint density at radius 3 is 2.76 bits per heavy atom. The Hall–Kier alpha value is -2.09. The van der Waals surface area contributed by atoms with Gasteiger partial charge in [0, 0.05) is 4.47 Å². The second-order valence-electron chi connectivity index (χ2n) is 4.53. The molecule has 110 valence electrons. The molecule has 2 heterocycles. The topological polar surface area (TPSA) is 78.3 Å². The lowest BCUT2D eigenvalue weighted by atomic mass is 10.0. The van der Waals surface area contributed by atoms with Gasteiger partial charge in [-0.15, -0.1) is 0 Å². The Balaban J connectivity index is 2.11. The van der Waals surface area contributed by atoms with Crippen LogP contribution in [0.2, 0.25) is 0 Å². The molecule has 0 bridgehead atoms. The van der Waals surface area contributed by atoms with Crippen LogP contribution in [0, 0.1) is 0 Å². The van der Waals surface area contributed by atoms with Gasteiger partial charge in [-0.2, -0.15) is 10.1 Å². The molecular weight excluding hydrogens is 340 g/mol. The molecule has 0 spiro atoms. The molecule has 1 aliphatic rings. The van der Waals surface area contributed by atoms with E-state index in [1.807, 2.05) is 12.1 Å². The minimum absolute atomic E-state index is 0.0952. The van der Waals surface area contributed by atoms with E-state index in [-0.39, 0.29) is 18.4 Å². The van der Waals surface area contributed by atoms with Crippen molar-refractivity contribution < 1.29 is 14.3 Å². The third-order valence-corrected chi connectivity index (χ3v) is 4.05. The summed E-state index contributed by atoms with van der Waals surface area (Å²) in [5.74, 6) is 1.57. The zero-order valence-corrected chi connectivity index (χ0v) is 13.0. The van der Waals surface area contributed by atoms with Crippen molar-refractivity contribution in [2.45, 2.75) is 12.5 Å². The minimum atomic E-state index is -0.245. The Kier molecular flexibility index (Phi) is 3.54. The first-order valence-corrected chi connectivity index (χ1v) is 7.04. The van der Waals surface area contributed by atoms with Gasteiger partial charge in [0.15, 0.2) is 11.5 Å². The molecule has 0 unspecified atom stereocenters. The molecule has 1 atom stereocenters. The lowest BCUT2D eigenvalue weighted by Crippen LogP contribution is -2.29.